The van der Waals surface area contributed by atoms with E-state index in [1.807, 2.05) is 0 Å². The maximum Gasteiger partial charge on any atom is 0.0376 e. The fourth-order valence-corrected chi connectivity index (χ4v) is 2.55. The Kier molecular flexibility index (Phi) is 3.66. The lowest BCUT2D eigenvalue weighted by Crippen LogP contribution is -2.19. The first-order valence-corrected chi connectivity index (χ1v) is 6.91. The minimum atomic E-state index is 0.00361. The highest BCUT2D eigenvalue weighted by molar-refractivity contribution is 5.57. The lowest BCUT2D eigenvalue weighted by molar-refractivity contribution is 0.639. The van der Waals surface area contributed by atoms with Gasteiger partial charge in [0, 0.05) is 11.1 Å². The molecule has 0 radical (unpaired) electrons. The van der Waals surface area contributed by atoms with E-state index in [-0.39, 0.29) is 5.41 Å². The number of anilines is 1. The molecule has 0 aliphatic rings. The summed E-state index contributed by atoms with van der Waals surface area (Å²) >= 11 is 0. The van der Waals surface area contributed by atoms with Gasteiger partial charge in [0.2, 0.25) is 0 Å². The summed E-state index contributed by atoms with van der Waals surface area (Å²) in [5, 5.41) is 0. The number of nitrogen functional groups attached to an aromatic ring is 1. The van der Waals surface area contributed by atoms with Crippen molar-refractivity contribution in [1.82, 2.24) is 0 Å². The topological polar surface area (TPSA) is 26.0 Å². The van der Waals surface area contributed by atoms with E-state index in [0.29, 0.717) is 0 Å². The molecular formula is C18H23N. The van der Waals surface area contributed by atoms with Crippen molar-refractivity contribution in [2.45, 2.75) is 39.5 Å². The van der Waals surface area contributed by atoms with Crippen LogP contribution in [-0.4, -0.2) is 0 Å². The highest BCUT2D eigenvalue weighted by Crippen LogP contribution is 2.34. The van der Waals surface area contributed by atoms with E-state index >= 15 is 0 Å². The van der Waals surface area contributed by atoms with E-state index < -0.39 is 0 Å². The van der Waals surface area contributed by atoms with Crippen molar-refractivity contribution >= 4 is 5.69 Å². The molecule has 0 bridgehead atoms. The smallest absolute Gasteiger partial charge is 0.0376 e. The predicted octanol–water partition coefficient (Wildman–Crippen LogP) is 4.47. The number of hydrogen-bond acceptors (Lipinski definition) is 1. The van der Waals surface area contributed by atoms with Gasteiger partial charge in [0.05, 0.1) is 0 Å². The van der Waals surface area contributed by atoms with Crippen molar-refractivity contribution < 1.29 is 0 Å². The molecule has 0 aromatic heterocycles. The zero-order valence-corrected chi connectivity index (χ0v) is 12.3. The van der Waals surface area contributed by atoms with Gasteiger partial charge in [-0.3, -0.25) is 0 Å². The van der Waals surface area contributed by atoms with E-state index in [2.05, 4.69) is 70.2 Å². The van der Waals surface area contributed by atoms with Crippen molar-refractivity contribution in [3.63, 3.8) is 0 Å². The van der Waals surface area contributed by atoms with Gasteiger partial charge in [0.1, 0.15) is 0 Å². The molecule has 2 aromatic carbocycles. The minimum Gasteiger partial charge on any atom is -0.398 e. The van der Waals surface area contributed by atoms with E-state index in [0.717, 1.165) is 12.1 Å². The first kappa shape index (κ1) is 13.7. The molecule has 100 valence electrons. The molecule has 0 aliphatic carbocycles. The van der Waals surface area contributed by atoms with E-state index in [1.54, 1.807) is 0 Å². The van der Waals surface area contributed by atoms with Crippen LogP contribution in [0.4, 0.5) is 5.69 Å². The number of nitrogens with two attached hydrogens (primary N) is 1. The molecule has 0 saturated heterocycles. The maximum atomic E-state index is 6.14. The largest absolute Gasteiger partial charge is 0.398 e. The van der Waals surface area contributed by atoms with Gasteiger partial charge < -0.3 is 5.73 Å². The summed E-state index contributed by atoms with van der Waals surface area (Å²) in [6.07, 6.45) is 0.978. The summed E-state index contributed by atoms with van der Waals surface area (Å²) in [5.74, 6) is 0. The zero-order chi connectivity index (χ0) is 14.0. The van der Waals surface area contributed by atoms with Crippen molar-refractivity contribution in [2.75, 3.05) is 5.73 Å². The lowest BCUT2D eigenvalue weighted by atomic mass is 9.77. The molecule has 0 spiro atoms. The van der Waals surface area contributed by atoms with Gasteiger partial charge in [-0.15, -0.1) is 0 Å². The molecule has 2 rings (SSSR count). The second kappa shape index (κ2) is 5.08. The predicted molar refractivity (Wildman–Crippen MR) is 83.5 cm³/mol. The molecule has 0 amide bonds. The van der Waals surface area contributed by atoms with Crippen LogP contribution >= 0.6 is 0 Å². The Balaban J connectivity index is 2.55. The van der Waals surface area contributed by atoms with Crippen molar-refractivity contribution in [2.24, 2.45) is 0 Å². The van der Waals surface area contributed by atoms with Gasteiger partial charge in [-0.25, -0.2) is 0 Å². The fraction of sp³-hybridized carbons (Fsp3) is 0.333. The molecule has 0 fully saturated rings. The van der Waals surface area contributed by atoms with Crippen LogP contribution in [0, 0.1) is 6.92 Å². The van der Waals surface area contributed by atoms with Crippen LogP contribution in [0.15, 0.2) is 42.5 Å². The molecule has 0 saturated carbocycles. The van der Waals surface area contributed by atoms with Crippen molar-refractivity contribution in [3.8, 4) is 0 Å². The Labute approximate surface area is 116 Å². The number of hydrogen-bond donors (Lipinski definition) is 1. The van der Waals surface area contributed by atoms with Gasteiger partial charge >= 0.3 is 0 Å². The van der Waals surface area contributed by atoms with E-state index in [4.69, 9.17) is 5.73 Å². The number of aryl methyl sites for hydroxylation is 2. The second-order valence-electron chi connectivity index (χ2n) is 5.71. The molecule has 0 atom stereocenters. The highest BCUT2D eigenvalue weighted by Gasteiger charge is 2.24. The quantitative estimate of drug-likeness (QED) is 0.803. The Morgan fingerprint density at radius 2 is 1.63 bits per heavy atom. The minimum absolute atomic E-state index is 0.00361. The fourth-order valence-electron chi connectivity index (χ4n) is 2.55. The molecule has 1 heteroatoms. The third-order valence-corrected chi connectivity index (χ3v) is 4.07. The average Bonchev–Trinajstić information content (AvgIpc) is 2.42. The van der Waals surface area contributed by atoms with Gasteiger partial charge in [-0.2, -0.15) is 0 Å². The van der Waals surface area contributed by atoms with Gasteiger partial charge in [0.25, 0.3) is 0 Å². The molecule has 19 heavy (non-hydrogen) atoms. The van der Waals surface area contributed by atoms with Crippen LogP contribution in [0.3, 0.4) is 0 Å². The van der Waals surface area contributed by atoms with E-state index in [1.165, 1.54) is 22.3 Å². The molecule has 0 unspecified atom stereocenters. The molecule has 2 N–H and O–H groups in total. The van der Waals surface area contributed by atoms with Crippen LogP contribution in [-0.2, 0) is 11.8 Å². The normalized spacial score (nSPS) is 11.6. The third kappa shape index (κ3) is 2.51. The summed E-state index contributed by atoms with van der Waals surface area (Å²) in [6.45, 7) is 8.79. The Morgan fingerprint density at radius 1 is 1.00 bits per heavy atom. The summed E-state index contributed by atoms with van der Waals surface area (Å²) in [4.78, 5) is 0. The first-order valence-electron chi connectivity index (χ1n) is 6.91. The zero-order valence-electron chi connectivity index (χ0n) is 12.3. The highest BCUT2D eigenvalue weighted by atomic mass is 14.6. The van der Waals surface area contributed by atoms with Crippen LogP contribution in [0.25, 0.3) is 0 Å². The van der Waals surface area contributed by atoms with Crippen molar-refractivity contribution in [1.29, 1.82) is 0 Å². The average molecular weight is 253 g/mol. The third-order valence-electron chi connectivity index (χ3n) is 4.07. The second-order valence-corrected chi connectivity index (χ2v) is 5.71. The van der Waals surface area contributed by atoms with Gasteiger partial charge in [-0.1, -0.05) is 63.2 Å². The summed E-state index contributed by atoms with van der Waals surface area (Å²) < 4.78 is 0. The Bertz CT molecular complexity index is 568. The number of rotatable bonds is 3. The summed E-state index contributed by atoms with van der Waals surface area (Å²) in [6, 6.07) is 15.1. The Morgan fingerprint density at radius 3 is 2.21 bits per heavy atom. The van der Waals surface area contributed by atoms with Gasteiger partial charge in [-0.05, 0) is 35.6 Å². The lowest BCUT2D eigenvalue weighted by Gasteiger charge is -2.27. The van der Waals surface area contributed by atoms with Gasteiger partial charge in [0.15, 0.2) is 0 Å². The molecule has 0 heterocycles. The maximum absolute atomic E-state index is 6.14. The monoisotopic (exact) mass is 253 g/mol. The summed E-state index contributed by atoms with van der Waals surface area (Å²) in [7, 11) is 0. The van der Waals surface area contributed by atoms with Crippen LogP contribution in [0.2, 0.25) is 0 Å². The molecular weight excluding hydrogens is 230 g/mol. The van der Waals surface area contributed by atoms with Crippen LogP contribution in [0.1, 0.15) is 43.0 Å². The first-order chi connectivity index (χ1) is 8.96. The van der Waals surface area contributed by atoms with E-state index in [9.17, 15) is 0 Å². The molecule has 1 nitrogen and oxygen atoms in total. The summed E-state index contributed by atoms with van der Waals surface area (Å²) in [5.41, 5.74) is 12.2. The van der Waals surface area contributed by atoms with Crippen LogP contribution in [0.5, 0.6) is 0 Å². The Hall–Kier alpha value is -1.76. The molecule has 0 aliphatic heterocycles. The van der Waals surface area contributed by atoms with Crippen LogP contribution < -0.4 is 5.73 Å². The molecule has 2 aromatic rings. The SMILES string of the molecule is CCc1cc(C(C)(C)c2ccccc2)cc(C)c1N. The standard InChI is InChI=1S/C18H23N/c1-5-14-12-16(11-13(2)17(14)19)18(3,4)15-9-7-6-8-10-15/h6-12H,5,19H2,1-4H3. The van der Waals surface area contributed by atoms with Crippen molar-refractivity contribution in [3.05, 3.63) is 64.7 Å². The number of benzene rings is 2.